The molecule has 1 aliphatic heterocycles. The molecule has 0 saturated carbocycles. The van der Waals surface area contributed by atoms with Gasteiger partial charge in [-0.15, -0.1) is 0 Å². The number of nitrogen functional groups attached to an aromatic ring is 1. The van der Waals surface area contributed by atoms with Crippen LogP contribution in [0.15, 0.2) is 12.1 Å². The Morgan fingerprint density at radius 3 is 2.41 bits per heavy atom. The lowest BCUT2D eigenvalue weighted by molar-refractivity contribution is -0.131. The lowest BCUT2D eigenvalue weighted by Gasteiger charge is -2.35. The van der Waals surface area contributed by atoms with E-state index in [0.717, 1.165) is 0 Å². The van der Waals surface area contributed by atoms with Crippen LogP contribution in [0.25, 0.3) is 10.9 Å². The standard InChI is InChI=1S/C18H26N6O3/c1-26-14-10-12-13(11-15(14)27-2)21-18(22-17(12)20)24-8-6-23(7-9-24)16(25)4-3-5-19/h10-11H,3-9,19H2,1-2H3,(H2,20,21,22). The number of ether oxygens (including phenoxy) is 2. The third kappa shape index (κ3) is 3.97. The Labute approximate surface area is 158 Å². The molecule has 1 amide bonds. The second-order valence-electron chi connectivity index (χ2n) is 6.39. The van der Waals surface area contributed by atoms with Gasteiger partial charge in [-0.3, -0.25) is 4.79 Å². The summed E-state index contributed by atoms with van der Waals surface area (Å²) in [5, 5.41) is 0.715. The number of anilines is 2. The number of piperazine rings is 1. The van der Waals surface area contributed by atoms with E-state index in [1.165, 1.54) is 0 Å². The van der Waals surface area contributed by atoms with Crippen molar-refractivity contribution < 1.29 is 14.3 Å². The van der Waals surface area contributed by atoms with Gasteiger partial charge in [0.25, 0.3) is 0 Å². The SMILES string of the molecule is COc1cc2nc(N3CCN(C(=O)CCCN)CC3)nc(N)c2cc1OC. The van der Waals surface area contributed by atoms with E-state index >= 15 is 0 Å². The van der Waals surface area contributed by atoms with Gasteiger partial charge in [0, 0.05) is 44.1 Å². The maximum atomic E-state index is 12.1. The van der Waals surface area contributed by atoms with Crippen molar-refractivity contribution in [3.8, 4) is 11.5 Å². The Kier molecular flexibility index (Phi) is 5.80. The Bertz CT molecular complexity index is 820. The van der Waals surface area contributed by atoms with Crippen molar-refractivity contribution in [2.45, 2.75) is 12.8 Å². The molecule has 0 unspecified atom stereocenters. The second-order valence-corrected chi connectivity index (χ2v) is 6.39. The van der Waals surface area contributed by atoms with E-state index in [4.69, 9.17) is 20.9 Å². The number of benzene rings is 1. The van der Waals surface area contributed by atoms with Crippen molar-refractivity contribution in [2.24, 2.45) is 5.73 Å². The quantitative estimate of drug-likeness (QED) is 0.755. The number of nitrogens with zero attached hydrogens (tertiary/aromatic N) is 4. The molecule has 1 aromatic carbocycles. The van der Waals surface area contributed by atoms with Gasteiger partial charge in [-0.05, 0) is 19.0 Å². The molecule has 4 N–H and O–H groups in total. The molecule has 1 aromatic heterocycles. The van der Waals surface area contributed by atoms with Gasteiger partial charge < -0.3 is 30.7 Å². The largest absolute Gasteiger partial charge is 0.493 e. The Hall–Kier alpha value is -2.81. The minimum atomic E-state index is 0.149. The number of fused-ring (bicyclic) bond motifs is 1. The Morgan fingerprint density at radius 1 is 1.11 bits per heavy atom. The molecule has 1 aliphatic rings. The Morgan fingerprint density at radius 2 is 1.78 bits per heavy atom. The highest BCUT2D eigenvalue weighted by Crippen LogP contribution is 2.34. The number of hydrogen-bond donors (Lipinski definition) is 2. The topological polar surface area (TPSA) is 120 Å². The van der Waals surface area contributed by atoms with Crippen LogP contribution in [0, 0.1) is 0 Å². The first kappa shape index (κ1) is 19.0. The predicted molar refractivity (Wildman–Crippen MR) is 104 cm³/mol. The van der Waals surface area contributed by atoms with E-state index in [-0.39, 0.29) is 5.91 Å². The molecule has 0 spiro atoms. The van der Waals surface area contributed by atoms with Gasteiger partial charge in [0.15, 0.2) is 11.5 Å². The molecule has 0 aliphatic carbocycles. The molecule has 2 aromatic rings. The maximum Gasteiger partial charge on any atom is 0.228 e. The highest BCUT2D eigenvalue weighted by atomic mass is 16.5. The Balaban J connectivity index is 1.79. The first-order valence-electron chi connectivity index (χ1n) is 8.99. The summed E-state index contributed by atoms with van der Waals surface area (Å²) in [7, 11) is 3.15. The number of aromatic nitrogens is 2. The van der Waals surface area contributed by atoms with Gasteiger partial charge in [0.1, 0.15) is 5.82 Å². The fourth-order valence-corrected chi connectivity index (χ4v) is 3.18. The number of nitrogens with two attached hydrogens (primary N) is 2. The summed E-state index contributed by atoms with van der Waals surface area (Å²) >= 11 is 0. The molecule has 2 heterocycles. The van der Waals surface area contributed by atoms with Crippen LogP contribution in [-0.4, -0.2) is 67.7 Å². The number of methoxy groups -OCH3 is 2. The lowest BCUT2D eigenvalue weighted by Crippen LogP contribution is -2.49. The lowest BCUT2D eigenvalue weighted by atomic mass is 10.2. The fourth-order valence-electron chi connectivity index (χ4n) is 3.18. The zero-order valence-corrected chi connectivity index (χ0v) is 15.8. The van der Waals surface area contributed by atoms with Crippen LogP contribution >= 0.6 is 0 Å². The van der Waals surface area contributed by atoms with Crippen molar-refractivity contribution in [3.63, 3.8) is 0 Å². The molecule has 0 atom stereocenters. The summed E-state index contributed by atoms with van der Waals surface area (Å²) in [5.74, 6) is 2.26. The molecule has 9 nitrogen and oxygen atoms in total. The van der Waals surface area contributed by atoms with Crippen LogP contribution in [-0.2, 0) is 4.79 Å². The summed E-state index contributed by atoms with van der Waals surface area (Å²) in [6.45, 7) is 3.12. The molecule has 9 heteroatoms. The molecule has 0 bridgehead atoms. The van der Waals surface area contributed by atoms with E-state index in [0.29, 0.717) is 79.7 Å². The average Bonchev–Trinajstić information content (AvgIpc) is 2.71. The van der Waals surface area contributed by atoms with Crippen molar-refractivity contribution in [1.29, 1.82) is 0 Å². The van der Waals surface area contributed by atoms with E-state index in [9.17, 15) is 4.79 Å². The summed E-state index contributed by atoms with van der Waals surface area (Å²) in [6, 6.07) is 3.57. The minimum absolute atomic E-state index is 0.149. The molecule has 3 rings (SSSR count). The first-order valence-corrected chi connectivity index (χ1v) is 8.99. The number of hydrogen-bond acceptors (Lipinski definition) is 8. The van der Waals surface area contributed by atoms with E-state index in [2.05, 4.69) is 9.97 Å². The van der Waals surface area contributed by atoms with E-state index < -0.39 is 0 Å². The fraction of sp³-hybridized carbons (Fsp3) is 0.500. The average molecular weight is 374 g/mol. The van der Waals surface area contributed by atoms with Gasteiger partial charge in [0.05, 0.1) is 19.7 Å². The van der Waals surface area contributed by atoms with Gasteiger partial charge in [-0.2, -0.15) is 4.98 Å². The first-order chi connectivity index (χ1) is 13.1. The van der Waals surface area contributed by atoms with Gasteiger partial charge in [-0.1, -0.05) is 0 Å². The molecular weight excluding hydrogens is 348 g/mol. The van der Waals surface area contributed by atoms with Crippen LogP contribution in [0.5, 0.6) is 11.5 Å². The predicted octanol–water partition coefficient (Wildman–Crippen LogP) is 0.617. The number of carbonyl (C=O) groups is 1. The van der Waals surface area contributed by atoms with Crippen LogP contribution in [0.2, 0.25) is 0 Å². The normalized spacial score (nSPS) is 14.5. The molecule has 0 radical (unpaired) electrons. The van der Waals surface area contributed by atoms with E-state index in [1.807, 2.05) is 9.80 Å². The molecule has 1 fully saturated rings. The highest BCUT2D eigenvalue weighted by Gasteiger charge is 2.23. The number of rotatable bonds is 6. The molecule has 1 saturated heterocycles. The molecule has 146 valence electrons. The zero-order chi connectivity index (χ0) is 19.4. The monoisotopic (exact) mass is 374 g/mol. The number of carbonyl (C=O) groups excluding carboxylic acids is 1. The minimum Gasteiger partial charge on any atom is -0.493 e. The van der Waals surface area contributed by atoms with Crippen LogP contribution < -0.4 is 25.8 Å². The van der Waals surface area contributed by atoms with Gasteiger partial charge >= 0.3 is 0 Å². The van der Waals surface area contributed by atoms with Crippen LogP contribution in [0.1, 0.15) is 12.8 Å². The van der Waals surface area contributed by atoms with Crippen molar-refractivity contribution >= 4 is 28.6 Å². The highest BCUT2D eigenvalue weighted by molar-refractivity contribution is 5.91. The summed E-state index contributed by atoms with van der Waals surface area (Å²) in [6.07, 6.45) is 1.21. The summed E-state index contributed by atoms with van der Waals surface area (Å²) in [4.78, 5) is 25.1. The van der Waals surface area contributed by atoms with Crippen molar-refractivity contribution in [2.75, 3.05) is 57.6 Å². The maximum absolute atomic E-state index is 12.1. The third-order valence-electron chi connectivity index (χ3n) is 4.73. The summed E-state index contributed by atoms with van der Waals surface area (Å²) in [5.41, 5.74) is 12.3. The van der Waals surface area contributed by atoms with Crippen LogP contribution in [0.3, 0.4) is 0 Å². The summed E-state index contributed by atoms with van der Waals surface area (Å²) < 4.78 is 10.7. The number of amides is 1. The second kappa shape index (κ2) is 8.26. The molecular formula is C18H26N6O3. The van der Waals surface area contributed by atoms with Gasteiger partial charge in [0.2, 0.25) is 11.9 Å². The zero-order valence-electron chi connectivity index (χ0n) is 15.8. The van der Waals surface area contributed by atoms with Crippen LogP contribution in [0.4, 0.5) is 11.8 Å². The van der Waals surface area contributed by atoms with Gasteiger partial charge in [-0.25, -0.2) is 4.98 Å². The third-order valence-corrected chi connectivity index (χ3v) is 4.73. The smallest absolute Gasteiger partial charge is 0.228 e. The van der Waals surface area contributed by atoms with E-state index in [1.54, 1.807) is 26.4 Å². The molecule has 27 heavy (non-hydrogen) atoms. The van der Waals surface area contributed by atoms with Crippen molar-refractivity contribution in [1.82, 2.24) is 14.9 Å². The van der Waals surface area contributed by atoms with Crippen molar-refractivity contribution in [3.05, 3.63) is 12.1 Å².